The Labute approximate surface area is 145 Å². The van der Waals surface area contributed by atoms with Crippen molar-refractivity contribution < 1.29 is 4.79 Å². The minimum atomic E-state index is -0.0428. The fraction of sp³-hybridized carbons (Fsp3) is 0.250. The largest absolute Gasteiger partial charge is 0.371 e. The maximum Gasteiger partial charge on any atom is 0.265 e. The van der Waals surface area contributed by atoms with Crippen LogP contribution in [0, 0.1) is 5.92 Å². The number of carbonyl (C=O) groups is 1. The fourth-order valence-corrected chi connectivity index (χ4v) is 4.17. The molecule has 1 aromatic heterocycles. The standard InChI is InChI=1S/C20H20N2OS/c1-14-10-11-22(13-14)17-8-6-16(7-9-17)21-20(23)19-12-15-4-2-3-5-18(15)24-19/h2-9,12,14H,10-11,13H2,1H3,(H,21,23). The molecule has 2 heterocycles. The Morgan fingerprint density at radius 1 is 1.17 bits per heavy atom. The molecule has 2 aromatic carbocycles. The van der Waals surface area contributed by atoms with Crippen LogP contribution in [0.15, 0.2) is 54.6 Å². The van der Waals surface area contributed by atoms with Crippen LogP contribution >= 0.6 is 11.3 Å². The van der Waals surface area contributed by atoms with Crippen LogP contribution in [0.5, 0.6) is 0 Å². The van der Waals surface area contributed by atoms with Gasteiger partial charge in [0.25, 0.3) is 5.91 Å². The van der Waals surface area contributed by atoms with Gasteiger partial charge in [0.1, 0.15) is 0 Å². The van der Waals surface area contributed by atoms with Gasteiger partial charge in [-0.05, 0) is 54.1 Å². The summed E-state index contributed by atoms with van der Waals surface area (Å²) in [4.78, 5) is 15.6. The number of amides is 1. The lowest BCUT2D eigenvalue weighted by molar-refractivity contribution is 0.103. The third kappa shape index (κ3) is 3.02. The van der Waals surface area contributed by atoms with E-state index >= 15 is 0 Å². The van der Waals surface area contributed by atoms with E-state index in [1.54, 1.807) is 0 Å². The number of nitrogens with zero attached hydrogens (tertiary/aromatic N) is 1. The zero-order chi connectivity index (χ0) is 16.5. The normalized spacial score (nSPS) is 17.4. The highest BCUT2D eigenvalue weighted by atomic mass is 32.1. The van der Waals surface area contributed by atoms with E-state index in [1.165, 1.54) is 23.4 Å². The van der Waals surface area contributed by atoms with Gasteiger partial charge in [0.15, 0.2) is 0 Å². The van der Waals surface area contributed by atoms with Crippen molar-refractivity contribution in [1.82, 2.24) is 0 Å². The number of thiophene rings is 1. The molecule has 122 valence electrons. The molecule has 0 radical (unpaired) electrons. The molecule has 4 heteroatoms. The number of fused-ring (bicyclic) bond motifs is 1. The minimum absolute atomic E-state index is 0.0428. The van der Waals surface area contributed by atoms with Gasteiger partial charge >= 0.3 is 0 Å². The van der Waals surface area contributed by atoms with Crippen LogP contribution in [0.1, 0.15) is 23.0 Å². The van der Waals surface area contributed by atoms with Crippen LogP contribution in [0.4, 0.5) is 11.4 Å². The summed E-state index contributed by atoms with van der Waals surface area (Å²) in [6, 6.07) is 18.2. The highest BCUT2D eigenvalue weighted by Gasteiger charge is 2.18. The van der Waals surface area contributed by atoms with Crippen molar-refractivity contribution >= 4 is 38.7 Å². The zero-order valence-electron chi connectivity index (χ0n) is 13.7. The summed E-state index contributed by atoms with van der Waals surface area (Å²) in [6.07, 6.45) is 1.25. The van der Waals surface area contributed by atoms with Crippen molar-refractivity contribution in [2.75, 3.05) is 23.3 Å². The van der Waals surface area contributed by atoms with Gasteiger partial charge in [-0.25, -0.2) is 0 Å². The molecule has 1 amide bonds. The lowest BCUT2D eigenvalue weighted by Gasteiger charge is -2.18. The molecule has 0 saturated carbocycles. The maximum atomic E-state index is 12.5. The van der Waals surface area contributed by atoms with E-state index in [9.17, 15) is 4.79 Å². The van der Waals surface area contributed by atoms with Gasteiger partial charge in [-0.3, -0.25) is 4.79 Å². The van der Waals surface area contributed by atoms with Crippen LogP contribution in [0.2, 0.25) is 0 Å². The first-order chi connectivity index (χ1) is 11.7. The second kappa shape index (κ2) is 6.29. The predicted molar refractivity (Wildman–Crippen MR) is 102 cm³/mol. The van der Waals surface area contributed by atoms with Crippen LogP contribution in [0.3, 0.4) is 0 Å². The number of nitrogens with one attached hydrogen (secondary N) is 1. The van der Waals surface area contributed by atoms with E-state index in [2.05, 4.69) is 29.3 Å². The number of benzene rings is 2. The molecule has 1 atom stereocenters. The van der Waals surface area contributed by atoms with Crippen LogP contribution in [-0.2, 0) is 0 Å². The predicted octanol–water partition coefficient (Wildman–Crippen LogP) is 5.00. The summed E-state index contributed by atoms with van der Waals surface area (Å²) in [5, 5.41) is 4.12. The lowest BCUT2D eigenvalue weighted by Crippen LogP contribution is -2.19. The summed E-state index contributed by atoms with van der Waals surface area (Å²) in [6.45, 7) is 4.53. The molecule has 24 heavy (non-hydrogen) atoms. The van der Waals surface area contributed by atoms with Crippen molar-refractivity contribution in [3.63, 3.8) is 0 Å². The summed E-state index contributed by atoms with van der Waals surface area (Å²) in [5.41, 5.74) is 2.08. The maximum absolute atomic E-state index is 12.5. The van der Waals surface area contributed by atoms with E-state index < -0.39 is 0 Å². The molecule has 1 saturated heterocycles. The van der Waals surface area contributed by atoms with E-state index in [1.807, 2.05) is 42.5 Å². The summed E-state index contributed by atoms with van der Waals surface area (Å²) in [5.74, 6) is 0.719. The summed E-state index contributed by atoms with van der Waals surface area (Å²) >= 11 is 1.53. The number of hydrogen-bond acceptors (Lipinski definition) is 3. The Balaban J connectivity index is 1.47. The second-order valence-electron chi connectivity index (χ2n) is 6.49. The Morgan fingerprint density at radius 2 is 1.96 bits per heavy atom. The molecular formula is C20H20N2OS. The SMILES string of the molecule is CC1CCN(c2ccc(NC(=O)c3cc4ccccc4s3)cc2)C1. The van der Waals surface area contributed by atoms with E-state index in [0.29, 0.717) is 0 Å². The Bertz CT molecular complexity index is 836. The molecule has 1 N–H and O–H groups in total. The zero-order valence-corrected chi connectivity index (χ0v) is 14.5. The van der Waals surface area contributed by atoms with Crippen molar-refractivity contribution in [2.24, 2.45) is 5.92 Å². The monoisotopic (exact) mass is 336 g/mol. The van der Waals surface area contributed by atoms with Gasteiger partial charge < -0.3 is 10.2 Å². The minimum Gasteiger partial charge on any atom is -0.371 e. The molecule has 1 unspecified atom stereocenters. The fourth-order valence-electron chi connectivity index (χ4n) is 3.21. The molecule has 3 nitrogen and oxygen atoms in total. The third-order valence-electron chi connectivity index (χ3n) is 4.56. The first-order valence-corrected chi connectivity index (χ1v) is 9.15. The topological polar surface area (TPSA) is 32.3 Å². The molecule has 0 spiro atoms. The molecule has 0 aliphatic carbocycles. The molecule has 0 bridgehead atoms. The number of rotatable bonds is 3. The number of anilines is 2. The van der Waals surface area contributed by atoms with Crippen molar-refractivity contribution in [3.05, 3.63) is 59.5 Å². The molecule has 1 aliphatic rings. The van der Waals surface area contributed by atoms with Crippen LogP contribution in [0.25, 0.3) is 10.1 Å². The average Bonchev–Trinajstić information content (AvgIpc) is 3.21. The van der Waals surface area contributed by atoms with Crippen molar-refractivity contribution in [1.29, 1.82) is 0 Å². The molecular weight excluding hydrogens is 316 g/mol. The van der Waals surface area contributed by atoms with Gasteiger partial charge in [-0.15, -0.1) is 11.3 Å². The Kier molecular flexibility index (Phi) is 3.98. The first-order valence-electron chi connectivity index (χ1n) is 8.34. The average molecular weight is 336 g/mol. The Hall–Kier alpha value is -2.33. The van der Waals surface area contributed by atoms with E-state index in [-0.39, 0.29) is 5.91 Å². The van der Waals surface area contributed by atoms with Crippen LogP contribution in [-0.4, -0.2) is 19.0 Å². The lowest BCUT2D eigenvalue weighted by atomic mass is 10.2. The quantitative estimate of drug-likeness (QED) is 0.730. The van der Waals surface area contributed by atoms with Gasteiger partial charge in [0.2, 0.25) is 0 Å². The van der Waals surface area contributed by atoms with Crippen LogP contribution < -0.4 is 10.2 Å². The number of carbonyl (C=O) groups excluding carboxylic acids is 1. The van der Waals surface area contributed by atoms with Crippen molar-refractivity contribution in [2.45, 2.75) is 13.3 Å². The number of hydrogen-bond donors (Lipinski definition) is 1. The van der Waals surface area contributed by atoms with Gasteiger partial charge in [-0.1, -0.05) is 25.1 Å². The highest BCUT2D eigenvalue weighted by Crippen LogP contribution is 2.27. The van der Waals surface area contributed by atoms with Gasteiger partial charge in [-0.2, -0.15) is 0 Å². The highest BCUT2D eigenvalue weighted by molar-refractivity contribution is 7.20. The van der Waals surface area contributed by atoms with Gasteiger partial charge in [0.05, 0.1) is 4.88 Å². The molecule has 1 fully saturated rings. The molecule has 1 aliphatic heterocycles. The van der Waals surface area contributed by atoms with E-state index in [0.717, 1.165) is 39.7 Å². The van der Waals surface area contributed by atoms with E-state index in [4.69, 9.17) is 0 Å². The summed E-state index contributed by atoms with van der Waals surface area (Å²) < 4.78 is 1.14. The van der Waals surface area contributed by atoms with Gasteiger partial charge in [0, 0.05) is 29.2 Å². The van der Waals surface area contributed by atoms with Crippen molar-refractivity contribution in [3.8, 4) is 0 Å². The Morgan fingerprint density at radius 3 is 2.67 bits per heavy atom. The summed E-state index contributed by atoms with van der Waals surface area (Å²) in [7, 11) is 0. The molecule has 4 rings (SSSR count). The smallest absolute Gasteiger partial charge is 0.265 e. The second-order valence-corrected chi connectivity index (χ2v) is 7.57. The first kappa shape index (κ1) is 15.2. The third-order valence-corrected chi connectivity index (χ3v) is 5.68. The molecule has 3 aromatic rings.